The van der Waals surface area contributed by atoms with Gasteiger partial charge in [-0.1, -0.05) is 5.21 Å². The number of ketones is 1. The van der Waals surface area contributed by atoms with E-state index in [1.54, 1.807) is 7.05 Å². The van der Waals surface area contributed by atoms with Gasteiger partial charge in [-0.05, 0) is 18.2 Å². The number of hydrogen-bond acceptors (Lipinski definition) is 3. The fourth-order valence-electron chi connectivity index (χ4n) is 1.65. The molecule has 4 nitrogen and oxygen atoms in total. The van der Waals surface area contributed by atoms with E-state index < -0.39 is 28.9 Å². The molecule has 0 unspecified atom stereocenters. The maximum atomic E-state index is 13.5. The van der Waals surface area contributed by atoms with E-state index >= 15 is 0 Å². The summed E-state index contributed by atoms with van der Waals surface area (Å²) in [5, 5.41) is 7.21. The van der Waals surface area contributed by atoms with Crippen LogP contribution in [0.4, 0.5) is 17.6 Å². The third kappa shape index (κ3) is 3.01. The van der Waals surface area contributed by atoms with Gasteiger partial charge in [0.1, 0.15) is 5.82 Å². The molecule has 2 rings (SSSR count). The van der Waals surface area contributed by atoms with Crippen LogP contribution < -0.4 is 0 Å². The van der Waals surface area contributed by atoms with Crippen molar-refractivity contribution in [2.24, 2.45) is 7.05 Å². The maximum absolute atomic E-state index is 13.5. The molecule has 0 spiro atoms. The Morgan fingerprint density at radius 2 is 2.05 bits per heavy atom. The SMILES string of the molecule is Cn1cc(CC(=O)c2cc(C(F)(F)F)ccc2F)nn1. The highest BCUT2D eigenvalue weighted by Crippen LogP contribution is 2.30. The number of aryl methyl sites for hydroxylation is 1. The molecule has 1 aromatic carbocycles. The molecule has 0 saturated heterocycles. The second-order valence-corrected chi connectivity index (χ2v) is 4.18. The number of halogens is 4. The van der Waals surface area contributed by atoms with E-state index in [-0.39, 0.29) is 12.1 Å². The largest absolute Gasteiger partial charge is 0.416 e. The molecule has 0 amide bonds. The van der Waals surface area contributed by atoms with E-state index in [0.29, 0.717) is 18.2 Å². The third-order valence-corrected chi connectivity index (χ3v) is 2.59. The standard InChI is InChI=1S/C12H9F4N3O/c1-19-6-8(17-18-19)5-11(20)9-4-7(12(14,15)16)2-3-10(9)13/h2-4,6H,5H2,1H3. The molecule has 106 valence electrons. The van der Waals surface area contributed by atoms with Gasteiger partial charge in [0.2, 0.25) is 0 Å². The van der Waals surface area contributed by atoms with Crippen LogP contribution in [0.5, 0.6) is 0 Å². The number of nitrogens with zero attached hydrogens (tertiary/aromatic N) is 3. The predicted octanol–water partition coefficient (Wildman–Crippen LogP) is 2.40. The Kier molecular flexibility index (Phi) is 3.56. The third-order valence-electron chi connectivity index (χ3n) is 2.59. The highest BCUT2D eigenvalue weighted by molar-refractivity contribution is 5.97. The van der Waals surface area contributed by atoms with E-state index in [0.717, 1.165) is 0 Å². The lowest BCUT2D eigenvalue weighted by atomic mass is 10.0. The smallest absolute Gasteiger partial charge is 0.294 e. The van der Waals surface area contributed by atoms with E-state index in [4.69, 9.17) is 0 Å². The number of benzene rings is 1. The molecule has 8 heteroatoms. The van der Waals surface area contributed by atoms with E-state index in [1.807, 2.05) is 0 Å². The zero-order valence-electron chi connectivity index (χ0n) is 10.3. The topological polar surface area (TPSA) is 47.8 Å². The lowest BCUT2D eigenvalue weighted by Gasteiger charge is -2.08. The molecule has 1 aromatic heterocycles. The van der Waals surface area contributed by atoms with Crippen molar-refractivity contribution in [2.45, 2.75) is 12.6 Å². The summed E-state index contributed by atoms with van der Waals surface area (Å²) in [6, 6.07) is 1.73. The van der Waals surface area contributed by atoms with Crippen LogP contribution in [0.2, 0.25) is 0 Å². The van der Waals surface area contributed by atoms with Gasteiger partial charge in [0, 0.05) is 13.2 Å². The van der Waals surface area contributed by atoms with Gasteiger partial charge < -0.3 is 0 Å². The van der Waals surface area contributed by atoms with E-state index in [2.05, 4.69) is 10.3 Å². The van der Waals surface area contributed by atoms with Gasteiger partial charge in [0.15, 0.2) is 5.78 Å². The first-order valence-electron chi connectivity index (χ1n) is 5.52. The van der Waals surface area contributed by atoms with Crippen molar-refractivity contribution in [3.05, 3.63) is 47.0 Å². The van der Waals surface area contributed by atoms with Crippen LogP contribution in [-0.2, 0) is 19.6 Å². The van der Waals surface area contributed by atoms with Crippen LogP contribution in [0.25, 0.3) is 0 Å². The summed E-state index contributed by atoms with van der Waals surface area (Å²) in [5.41, 5.74) is -1.42. The van der Waals surface area contributed by atoms with Crippen LogP contribution in [0.1, 0.15) is 21.6 Å². The minimum atomic E-state index is -4.63. The first-order valence-corrected chi connectivity index (χ1v) is 5.52. The van der Waals surface area contributed by atoms with Crippen molar-refractivity contribution in [3.8, 4) is 0 Å². The molecule has 1 heterocycles. The molecule has 0 fully saturated rings. The monoisotopic (exact) mass is 287 g/mol. The zero-order valence-corrected chi connectivity index (χ0v) is 10.3. The second-order valence-electron chi connectivity index (χ2n) is 4.18. The molecule has 20 heavy (non-hydrogen) atoms. The zero-order chi connectivity index (χ0) is 14.9. The molecule has 0 saturated carbocycles. The van der Waals surface area contributed by atoms with Crippen molar-refractivity contribution >= 4 is 5.78 Å². The minimum Gasteiger partial charge on any atom is -0.294 e. The Hall–Kier alpha value is -2.25. The van der Waals surface area contributed by atoms with Crippen molar-refractivity contribution in [1.29, 1.82) is 0 Å². The average molecular weight is 287 g/mol. The molecule has 0 aliphatic rings. The summed E-state index contributed by atoms with van der Waals surface area (Å²) < 4.78 is 52.4. The van der Waals surface area contributed by atoms with Gasteiger partial charge in [0.05, 0.1) is 23.2 Å². The summed E-state index contributed by atoms with van der Waals surface area (Å²) >= 11 is 0. The number of hydrogen-bond donors (Lipinski definition) is 0. The molecule has 0 atom stereocenters. The van der Waals surface area contributed by atoms with Gasteiger partial charge in [-0.25, -0.2) is 4.39 Å². The van der Waals surface area contributed by atoms with Crippen molar-refractivity contribution < 1.29 is 22.4 Å². The lowest BCUT2D eigenvalue weighted by Crippen LogP contribution is -2.11. The number of carbonyl (C=O) groups excluding carboxylic acids is 1. The van der Waals surface area contributed by atoms with Crippen LogP contribution >= 0.6 is 0 Å². The number of alkyl halides is 3. The molecule has 0 aliphatic heterocycles. The number of carbonyl (C=O) groups is 1. The fourth-order valence-corrected chi connectivity index (χ4v) is 1.65. The summed E-state index contributed by atoms with van der Waals surface area (Å²) in [6.07, 6.45) is -3.51. The molecule has 0 aliphatic carbocycles. The van der Waals surface area contributed by atoms with Crippen LogP contribution in [-0.4, -0.2) is 20.8 Å². The first kappa shape index (κ1) is 14.2. The Morgan fingerprint density at radius 1 is 1.35 bits per heavy atom. The van der Waals surface area contributed by atoms with E-state index in [1.165, 1.54) is 10.9 Å². The second kappa shape index (κ2) is 5.03. The Labute approximate surface area is 111 Å². The van der Waals surface area contributed by atoms with Crippen LogP contribution in [0.15, 0.2) is 24.4 Å². The normalized spacial score (nSPS) is 11.7. The Morgan fingerprint density at radius 3 is 2.60 bits per heavy atom. The number of Topliss-reactive ketones (excluding diaryl/α,β-unsaturated/α-hetero) is 1. The predicted molar refractivity (Wildman–Crippen MR) is 60.4 cm³/mol. The number of rotatable bonds is 3. The minimum absolute atomic E-state index is 0.259. The average Bonchev–Trinajstić information content (AvgIpc) is 2.73. The molecule has 0 radical (unpaired) electrons. The fraction of sp³-hybridized carbons (Fsp3) is 0.250. The molecule has 0 N–H and O–H groups in total. The lowest BCUT2D eigenvalue weighted by molar-refractivity contribution is -0.137. The quantitative estimate of drug-likeness (QED) is 0.643. The molecular formula is C12H9F4N3O. The van der Waals surface area contributed by atoms with Gasteiger partial charge >= 0.3 is 6.18 Å². The van der Waals surface area contributed by atoms with Gasteiger partial charge in [-0.15, -0.1) is 5.10 Å². The highest BCUT2D eigenvalue weighted by Gasteiger charge is 2.31. The van der Waals surface area contributed by atoms with E-state index in [9.17, 15) is 22.4 Å². The molecule has 2 aromatic rings. The Bertz CT molecular complexity index is 648. The highest BCUT2D eigenvalue weighted by atomic mass is 19.4. The summed E-state index contributed by atoms with van der Waals surface area (Å²) in [7, 11) is 1.58. The van der Waals surface area contributed by atoms with Crippen molar-refractivity contribution in [1.82, 2.24) is 15.0 Å². The Balaban J connectivity index is 2.29. The van der Waals surface area contributed by atoms with Gasteiger partial charge in [-0.3, -0.25) is 9.48 Å². The van der Waals surface area contributed by atoms with Crippen LogP contribution in [0, 0.1) is 5.82 Å². The van der Waals surface area contributed by atoms with Gasteiger partial charge in [-0.2, -0.15) is 13.2 Å². The van der Waals surface area contributed by atoms with Gasteiger partial charge in [0.25, 0.3) is 0 Å². The summed E-state index contributed by atoms with van der Waals surface area (Å²) in [4.78, 5) is 11.8. The van der Waals surface area contributed by atoms with Crippen molar-refractivity contribution in [3.63, 3.8) is 0 Å². The summed E-state index contributed by atoms with van der Waals surface area (Å²) in [5.74, 6) is -1.78. The number of aromatic nitrogens is 3. The maximum Gasteiger partial charge on any atom is 0.416 e. The van der Waals surface area contributed by atoms with Crippen LogP contribution in [0.3, 0.4) is 0 Å². The van der Waals surface area contributed by atoms with Crippen molar-refractivity contribution in [2.75, 3.05) is 0 Å². The first-order chi connectivity index (χ1) is 9.27. The molecule has 0 bridgehead atoms. The molecular weight excluding hydrogens is 278 g/mol. The summed E-state index contributed by atoms with van der Waals surface area (Å²) in [6.45, 7) is 0.